The minimum absolute atomic E-state index is 0.200. The SMILES string of the molecule is CCC(N)C(SCc1ccccc1)c1cccc(C)c1. The second kappa shape index (κ2) is 7.51. The summed E-state index contributed by atoms with van der Waals surface area (Å²) in [6.45, 7) is 4.30. The number of rotatable bonds is 6. The van der Waals surface area contributed by atoms with E-state index in [0.29, 0.717) is 5.25 Å². The van der Waals surface area contributed by atoms with E-state index in [0.717, 1.165) is 12.2 Å². The number of hydrogen-bond donors (Lipinski definition) is 1. The number of thioether (sulfide) groups is 1. The van der Waals surface area contributed by atoms with Crippen LogP contribution in [0.15, 0.2) is 54.6 Å². The van der Waals surface area contributed by atoms with Crippen molar-refractivity contribution in [2.75, 3.05) is 0 Å². The topological polar surface area (TPSA) is 26.0 Å². The van der Waals surface area contributed by atoms with Crippen LogP contribution in [0.2, 0.25) is 0 Å². The van der Waals surface area contributed by atoms with E-state index in [-0.39, 0.29) is 6.04 Å². The zero-order chi connectivity index (χ0) is 14.4. The number of benzene rings is 2. The van der Waals surface area contributed by atoms with Gasteiger partial charge in [0, 0.05) is 17.0 Å². The van der Waals surface area contributed by atoms with E-state index < -0.39 is 0 Å². The first-order valence-corrected chi connectivity index (χ1v) is 8.23. The number of aryl methyl sites for hydroxylation is 1. The summed E-state index contributed by atoms with van der Waals surface area (Å²) in [5, 5.41) is 0.361. The van der Waals surface area contributed by atoms with Crippen LogP contribution in [0.25, 0.3) is 0 Å². The molecule has 2 aromatic carbocycles. The fourth-order valence-corrected chi connectivity index (χ4v) is 3.63. The molecule has 0 radical (unpaired) electrons. The van der Waals surface area contributed by atoms with E-state index in [1.54, 1.807) is 0 Å². The van der Waals surface area contributed by atoms with E-state index in [1.807, 2.05) is 11.8 Å². The highest BCUT2D eigenvalue weighted by atomic mass is 32.2. The highest BCUT2D eigenvalue weighted by Gasteiger charge is 2.19. The Morgan fingerprint density at radius 1 is 1.05 bits per heavy atom. The van der Waals surface area contributed by atoms with Crippen molar-refractivity contribution in [3.63, 3.8) is 0 Å². The Morgan fingerprint density at radius 2 is 1.80 bits per heavy atom. The van der Waals surface area contributed by atoms with Crippen LogP contribution >= 0.6 is 11.8 Å². The fourth-order valence-electron chi connectivity index (χ4n) is 2.29. The molecule has 0 spiro atoms. The second-order valence-electron chi connectivity index (χ2n) is 5.20. The molecule has 2 aromatic rings. The normalized spacial score (nSPS) is 13.9. The monoisotopic (exact) mass is 285 g/mol. The Balaban J connectivity index is 2.12. The molecule has 0 heterocycles. The summed E-state index contributed by atoms with van der Waals surface area (Å²) in [6, 6.07) is 19.5. The van der Waals surface area contributed by atoms with Crippen molar-refractivity contribution >= 4 is 11.8 Å². The Labute approximate surface area is 126 Å². The summed E-state index contributed by atoms with van der Waals surface area (Å²) in [7, 11) is 0. The molecule has 0 saturated carbocycles. The molecule has 0 aliphatic rings. The van der Waals surface area contributed by atoms with E-state index in [1.165, 1.54) is 16.7 Å². The van der Waals surface area contributed by atoms with Crippen LogP contribution in [0.5, 0.6) is 0 Å². The lowest BCUT2D eigenvalue weighted by Crippen LogP contribution is -2.25. The van der Waals surface area contributed by atoms with Gasteiger partial charge in [-0.05, 0) is 24.5 Å². The number of nitrogens with two attached hydrogens (primary N) is 1. The molecular weight excluding hydrogens is 262 g/mol. The number of hydrogen-bond acceptors (Lipinski definition) is 2. The summed E-state index contributed by atoms with van der Waals surface area (Å²) >= 11 is 1.94. The first kappa shape index (κ1) is 15.1. The van der Waals surface area contributed by atoms with E-state index in [2.05, 4.69) is 68.4 Å². The van der Waals surface area contributed by atoms with Crippen LogP contribution in [-0.2, 0) is 5.75 Å². The van der Waals surface area contributed by atoms with E-state index in [9.17, 15) is 0 Å². The molecule has 2 atom stereocenters. The summed E-state index contributed by atoms with van der Waals surface area (Å²) in [6.07, 6.45) is 1.00. The summed E-state index contributed by atoms with van der Waals surface area (Å²) in [4.78, 5) is 0. The average Bonchev–Trinajstić information content (AvgIpc) is 2.48. The summed E-state index contributed by atoms with van der Waals surface area (Å²) in [5.74, 6) is 1.01. The molecule has 0 saturated heterocycles. The third kappa shape index (κ3) is 4.12. The molecule has 2 rings (SSSR count). The molecule has 2 N–H and O–H groups in total. The zero-order valence-electron chi connectivity index (χ0n) is 12.3. The van der Waals surface area contributed by atoms with Crippen molar-refractivity contribution in [1.82, 2.24) is 0 Å². The Bertz CT molecular complexity index is 524. The van der Waals surface area contributed by atoms with Crippen LogP contribution in [0, 0.1) is 6.92 Å². The highest BCUT2D eigenvalue weighted by Crippen LogP contribution is 2.35. The van der Waals surface area contributed by atoms with Crippen molar-refractivity contribution < 1.29 is 0 Å². The Hall–Kier alpha value is -1.25. The van der Waals surface area contributed by atoms with Crippen molar-refractivity contribution in [1.29, 1.82) is 0 Å². The van der Waals surface area contributed by atoms with Crippen molar-refractivity contribution in [3.05, 3.63) is 71.3 Å². The Morgan fingerprint density at radius 3 is 2.45 bits per heavy atom. The van der Waals surface area contributed by atoms with Gasteiger partial charge in [0.2, 0.25) is 0 Å². The Kier molecular flexibility index (Phi) is 5.69. The van der Waals surface area contributed by atoms with Gasteiger partial charge in [0.05, 0.1) is 0 Å². The van der Waals surface area contributed by atoms with Gasteiger partial charge in [-0.15, -0.1) is 11.8 Å². The molecular formula is C18H23NS. The lowest BCUT2D eigenvalue weighted by Gasteiger charge is -2.23. The predicted octanol–water partition coefficient (Wildman–Crippen LogP) is 4.71. The van der Waals surface area contributed by atoms with Gasteiger partial charge in [-0.1, -0.05) is 67.1 Å². The van der Waals surface area contributed by atoms with Gasteiger partial charge in [0.25, 0.3) is 0 Å². The summed E-state index contributed by atoms with van der Waals surface area (Å²) < 4.78 is 0. The lowest BCUT2D eigenvalue weighted by molar-refractivity contribution is 0.634. The van der Waals surface area contributed by atoms with Crippen molar-refractivity contribution in [3.8, 4) is 0 Å². The van der Waals surface area contributed by atoms with E-state index >= 15 is 0 Å². The third-order valence-electron chi connectivity index (χ3n) is 3.50. The van der Waals surface area contributed by atoms with Crippen molar-refractivity contribution in [2.24, 2.45) is 5.73 Å². The van der Waals surface area contributed by atoms with Crippen LogP contribution in [-0.4, -0.2) is 6.04 Å². The van der Waals surface area contributed by atoms with Crippen LogP contribution in [0.3, 0.4) is 0 Å². The fraction of sp³-hybridized carbons (Fsp3) is 0.333. The predicted molar refractivity (Wildman–Crippen MR) is 89.9 cm³/mol. The third-order valence-corrected chi connectivity index (χ3v) is 4.98. The van der Waals surface area contributed by atoms with Gasteiger partial charge in [0.15, 0.2) is 0 Å². The average molecular weight is 285 g/mol. The largest absolute Gasteiger partial charge is 0.326 e. The second-order valence-corrected chi connectivity index (χ2v) is 6.33. The van der Waals surface area contributed by atoms with Crippen LogP contribution in [0.4, 0.5) is 0 Å². The standard InChI is InChI=1S/C18H23NS/c1-3-17(19)18(16-11-7-8-14(2)12-16)20-13-15-9-5-4-6-10-15/h4-12,17-18H,3,13,19H2,1-2H3. The minimum Gasteiger partial charge on any atom is -0.326 e. The van der Waals surface area contributed by atoms with Gasteiger partial charge in [-0.25, -0.2) is 0 Å². The molecule has 0 amide bonds. The van der Waals surface area contributed by atoms with Gasteiger partial charge in [0.1, 0.15) is 0 Å². The molecule has 1 nitrogen and oxygen atoms in total. The van der Waals surface area contributed by atoms with Gasteiger partial charge < -0.3 is 5.73 Å². The molecule has 0 bridgehead atoms. The molecule has 0 aliphatic heterocycles. The van der Waals surface area contributed by atoms with Crippen molar-refractivity contribution in [2.45, 2.75) is 37.3 Å². The zero-order valence-corrected chi connectivity index (χ0v) is 13.1. The van der Waals surface area contributed by atoms with Crippen LogP contribution in [0.1, 0.15) is 35.3 Å². The maximum absolute atomic E-state index is 6.34. The smallest absolute Gasteiger partial charge is 0.0451 e. The molecule has 0 aromatic heterocycles. The molecule has 0 fully saturated rings. The van der Waals surface area contributed by atoms with Crippen LogP contribution < -0.4 is 5.73 Å². The van der Waals surface area contributed by atoms with Gasteiger partial charge >= 0.3 is 0 Å². The maximum Gasteiger partial charge on any atom is 0.0451 e. The molecule has 2 heteroatoms. The molecule has 0 aliphatic carbocycles. The first-order chi connectivity index (χ1) is 9.70. The van der Waals surface area contributed by atoms with Gasteiger partial charge in [-0.3, -0.25) is 0 Å². The first-order valence-electron chi connectivity index (χ1n) is 7.18. The molecule has 20 heavy (non-hydrogen) atoms. The van der Waals surface area contributed by atoms with Gasteiger partial charge in [-0.2, -0.15) is 0 Å². The highest BCUT2D eigenvalue weighted by molar-refractivity contribution is 7.98. The quantitative estimate of drug-likeness (QED) is 0.832. The minimum atomic E-state index is 0.200. The maximum atomic E-state index is 6.34. The molecule has 106 valence electrons. The van der Waals surface area contributed by atoms with E-state index in [4.69, 9.17) is 5.73 Å². The lowest BCUT2D eigenvalue weighted by atomic mass is 10.0. The molecule has 2 unspecified atom stereocenters. The summed E-state index contributed by atoms with van der Waals surface area (Å²) in [5.41, 5.74) is 10.4.